The van der Waals surface area contributed by atoms with Gasteiger partial charge in [-0.15, -0.1) is 0 Å². The lowest BCUT2D eigenvalue weighted by Gasteiger charge is -2.34. The van der Waals surface area contributed by atoms with E-state index in [-0.39, 0.29) is 12.6 Å². The van der Waals surface area contributed by atoms with Crippen LogP contribution in [-0.4, -0.2) is 73.9 Å². The molecule has 0 aromatic heterocycles. The van der Waals surface area contributed by atoms with Gasteiger partial charge in [0.05, 0.1) is 20.1 Å². The summed E-state index contributed by atoms with van der Waals surface area (Å²) in [6.45, 7) is 13.6. The Bertz CT molecular complexity index is 193. The molecule has 0 unspecified atom stereocenters. The molecule has 116 valence electrons. The molecule has 0 aromatic rings. The predicted octanol–water partition coefficient (Wildman–Crippen LogP) is 1.21. The van der Waals surface area contributed by atoms with Crippen molar-refractivity contribution in [3.63, 3.8) is 0 Å². The first-order chi connectivity index (χ1) is 9.26. The Hall–Kier alpha value is -0.650. The van der Waals surface area contributed by atoms with E-state index in [0.717, 1.165) is 39.3 Å². The van der Waals surface area contributed by atoms with Crippen molar-refractivity contribution in [2.45, 2.75) is 34.1 Å². The summed E-state index contributed by atoms with van der Waals surface area (Å²) in [5.41, 5.74) is 0. The Kier molecular flexibility index (Phi) is 16.8. The minimum atomic E-state index is -0.146. The number of aliphatic hydroxyl groups excluding tert-OH is 1. The second-order valence-corrected chi connectivity index (χ2v) is 3.73. The van der Waals surface area contributed by atoms with Crippen molar-refractivity contribution >= 4 is 5.97 Å². The van der Waals surface area contributed by atoms with E-state index < -0.39 is 0 Å². The van der Waals surface area contributed by atoms with Gasteiger partial charge >= 0.3 is 5.97 Å². The van der Waals surface area contributed by atoms with Crippen LogP contribution in [0.5, 0.6) is 0 Å². The Labute approximate surface area is 118 Å². The molecule has 0 aromatic carbocycles. The van der Waals surface area contributed by atoms with E-state index >= 15 is 0 Å². The Morgan fingerprint density at radius 3 is 1.79 bits per heavy atom. The van der Waals surface area contributed by atoms with Gasteiger partial charge in [0.25, 0.3) is 0 Å². The number of piperazine rings is 1. The number of β-amino-alcohol motifs (C(OH)–C–C–N with tert-alkyl or cyclic N) is 1. The molecule has 0 spiro atoms. The molecule has 5 nitrogen and oxygen atoms in total. The van der Waals surface area contributed by atoms with Crippen LogP contribution in [-0.2, 0) is 9.53 Å². The highest BCUT2D eigenvalue weighted by atomic mass is 16.5. The van der Waals surface area contributed by atoms with Crippen molar-refractivity contribution in [3.8, 4) is 0 Å². The normalized spacial score (nSPS) is 15.7. The number of carbonyl (C=O) groups excluding carboxylic acids is 1. The van der Waals surface area contributed by atoms with E-state index in [9.17, 15) is 4.79 Å². The summed E-state index contributed by atoms with van der Waals surface area (Å²) in [5, 5.41) is 8.78. The molecule has 0 atom stereocenters. The minimum absolute atomic E-state index is 0.146. The van der Waals surface area contributed by atoms with E-state index in [0.29, 0.717) is 6.42 Å². The van der Waals surface area contributed by atoms with Crippen LogP contribution in [0.2, 0.25) is 0 Å². The maximum atomic E-state index is 10.9. The second-order valence-electron chi connectivity index (χ2n) is 3.73. The van der Waals surface area contributed by atoms with Crippen molar-refractivity contribution in [2.75, 3.05) is 53.0 Å². The second kappa shape index (κ2) is 15.4. The Balaban J connectivity index is 0. The van der Waals surface area contributed by atoms with Gasteiger partial charge in [0.2, 0.25) is 0 Å². The van der Waals surface area contributed by atoms with Crippen LogP contribution < -0.4 is 0 Å². The third-order valence-corrected chi connectivity index (χ3v) is 2.74. The smallest absolute Gasteiger partial charge is 0.306 e. The van der Waals surface area contributed by atoms with E-state index in [1.807, 2.05) is 27.7 Å². The van der Waals surface area contributed by atoms with Gasteiger partial charge in [-0.2, -0.15) is 0 Å². The number of carbonyl (C=O) groups is 1. The quantitative estimate of drug-likeness (QED) is 0.765. The fraction of sp³-hybridized carbons (Fsp3) is 0.929. The lowest BCUT2D eigenvalue weighted by atomic mass is 10.3. The third-order valence-electron chi connectivity index (χ3n) is 2.74. The summed E-state index contributed by atoms with van der Waals surface area (Å²) in [4.78, 5) is 15.4. The van der Waals surface area contributed by atoms with Crippen molar-refractivity contribution in [3.05, 3.63) is 0 Å². The number of esters is 1. The average molecular weight is 276 g/mol. The van der Waals surface area contributed by atoms with Gasteiger partial charge in [-0.3, -0.25) is 9.69 Å². The standard InChI is InChI=1S/C10H20N2O3.2C2H6/c1-15-10(14)2-3-11-4-6-12(7-5-11)8-9-13;2*1-2/h13H,2-9H2,1H3;2*1-2H3. The van der Waals surface area contributed by atoms with Gasteiger partial charge in [0, 0.05) is 39.3 Å². The van der Waals surface area contributed by atoms with Gasteiger partial charge in [0.15, 0.2) is 0 Å². The number of hydrogen-bond donors (Lipinski definition) is 1. The number of aliphatic hydroxyl groups is 1. The summed E-state index contributed by atoms with van der Waals surface area (Å²) in [7, 11) is 1.42. The zero-order valence-electron chi connectivity index (χ0n) is 13.3. The van der Waals surface area contributed by atoms with Crippen LogP contribution in [0, 0.1) is 0 Å². The zero-order valence-corrected chi connectivity index (χ0v) is 13.3. The number of hydrogen-bond acceptors (Lipinski definition) is 5. The van der Waals surface area contributed by atoms with Crippen LogP contribution >= 0.6 is 0 Å². The molecule has 0 amide bonds. The molecule has 19 heavy (non-hydrogen) atoms. The number of nitrogens with zero attached hydrogens (tertiary/aromatic N) is 2. The van der Waals surface area contributed by atoms with Gasteiger partial charge in [0.1, 0.15) is 0 Å². The zero-order chi connectivity index (χ0) is 15.1. The molecule has 1 aliphatic heterocycles. The summed E-state index contributed by atoms with van der Waals surface area (Å²) >= 11 is 0. The minimum Gasteiger partial charge on any atom is -0.469 e. The molecule has 1 fully saturated rings. The van der Waals surface area contributed by atoms with E-state index in [2.05, 4.69) is 14.5 Å². The summed E-state index contributed by atoms with van der Waals surface area (Å²) in [6.07, 6.45) is 0.469. The van der Waals surface area contributed by atoms with Gasteiger partial charge in [-0.1, -0.05) is 27.7 Å². The van der Waals surface area contributed by atoms with Crippen LogP contribution in [0.25, 0.3) is 0 Å². The van der Waals surface area contributed by atoms with Crippen molar-refractivity contribution < 1.29 is 14.6 Å². The van der Waals surface area contributed by atoms with Crippen LogP contribution in [0.4, 0.5) is 0 Å². The SMILES string of the molecule is CC.CC.COC(=O)CCN1CCN(CCO)CC1. The maximum absolute atomic E-state index is 10.9. The average Bonchev–Trinajstić information content (AvgIpc) is 2.50. The van der Waals surface area contributed by atoms with Crippen molar-refractivity contribution in [1.29, 1.82) is 0 Å². The first-order valence-corrected chi connectivity index (χ1v) is 7.38. The highest BCUT2D eigenvalue weighted by Crippen LogP contribution is 2.02. The first kappa shape index (κ1) is 20.7. The molecule has 1 rings (SSSR count). The van der Waals surface area contributed by atoms with E-state index in [4.69, 9.17) is 5.11 Å². The number of methoxy groups -OCH3 is 1. The third kappa shape index (κ3) is 10.9. The largest absolute Gasteiger partial charge is 0.469 e. The summed E-state index contributed by atoms with van der Waals surface area (Å²) in [5.74, 6) is -0.146. The molecule has 1 aliphatic rings. The predicted molar refractivity (Wildman–Crippen MR) is 79.3 cm³/mol. The Morgan fingerprint density at radius 1 is 1.00 bits per heavy atom. The summed E-state index contributed by atoms with van der Waals surface area (Å²) < 4.78 is 4.59. The van der Waals surface area contributed by atoms with Gasteiger partial charge in [-0.25, -0.2) is 0 Å². The van der Waals surface area contributed by atoms with Gasteiger partial charge in [-0.05, 0) is 0 Å². The first-order valence-electron chi connectivity index (χ1n) is 7.38. The van der Waals surface area contributed by atoms with Crippen LogP contribution in [0.15, 0.2) is 0 Å². The summed E-state index contributed by atoms with van der Waals surface area (Å²) in [6, 6.07) is 0. The molecule has 0 aliphatic carbocycles. The fourth-order valence-electron chi connectivity index (χ4n) is 1.73. The lowest BCUT2D eigenvalue weighted by Crippen LogP contribution is -2.47. The molecule has 0 bridgehead atoms. The lowest BCUT2D eigenvalue weighted by molar-refractivity contribution is -0.141. The van der Waals surface area contributed by atoms with Crippen molar-refractivity contribution in [1.82, 2.24) is 9.80 Å². The molecule has 1 heterocycles. The topological polar surface area (TPSA) is 53.0 Å². The number of rotatable bonds is 5. The maximum Gasteiger partial charge on any atom is 0.306 e. The van der Waals surface area contributed by atoms with E-state index in [1.54, 1.807) is 0 Å². The molecule has 1 N–H and O–H groups in total. The highest BCUT2D eigenvalue weighted by Gasteiger charge is 2.16. The fourth-order valence-corrected chi connectivity index (χ4v) is 1.73. The monoisotopic (exact) mass is 276 g/mol. The molecule has 1 saturated heterocycles. The molecule has 5 heteroatoms. The van der Waals surface area contributed by atoms with Gasteiger partial charge < -0.3 is 14.7 Å². The molecule has 0 saturated carbocycles. The van der Waals surface area contributed by atoms with E-state index in [1.165, 1.54) is 7.11 Å². The molecular weight excluding hydrogens is 244 g/mol. The number of ether oxygens (including phenoxy) is 1. The molecule has 0 radical (unpaired) electrons. The molecular formula is C14H32N2O3. The van der Waals surface area contributed by atoms with Crippen LogP contribution in [0.1, 0.15) is 34.1 Å². The van der Waals surface area contributed by atoms with Crippen LogP contribution in [0.3, 0.4) is 0 Å². The highest BCUT2D eigenvalue weighted by molar-refractivity contribution is 5.69. The Morgan fingerprint density at radius 2 is 1.42 bits per heavy atom. The van der Waals surface area contributed by atoms with Crippen molar-refractivity contribution in [2.24, 2.45) is 0 Å².